The highest BCUT2D eigenvalue weighted by Crippen LogP contribution is 2.21. The summed E-state index contributed by atoms with van der Waals surface area (Å²) in [6.45, 7) is 3.00. The van der Waals surface area contributed by atoms with Gasteiger partial charge in [-0.1, -0.05) is 37.1 Å². The first-order valence-electron chi connectivity index (χ1n) is 6.95. The molecule has 0 aliphatic heterocycles. The number of anilines is 2. The third-order valence-electron chi connectivity index (χ3n) is 2.98. The minimum atomic E-state index is -0.227. The van der Waals surface area contributed by atoms with Crippen LogP contribution in [0.4, 0.5) is 11.4 Å². The fraction of sp³-hybridized carbons (Fsp3) is 0.250. The monoisotopic (exact) mass is 303 g/mol. The van der Waals surface area contributed by atoms with Crippen LogP contribution in [0.5, 0.6) is 0 Å². The van der Waals surface area contributed by atoms with Crippen LogP contribution >= 0.6 is 11.6 Å². The third kappa shape index (κ3) is 4.46. The van der Waals surface area contributed by atoms with Crippen LogP contribution in [-0.4, -0.2) is 17.4 Å². The first-order valence-corrected chi connectivity index (χ1v) is 7.33. The molecule has 0 saturated heterocycles. The topological polar surface area (TPSA) is 54.0 Å². The van der Waals surface area contributed by atoms with Crippen molar-refractivity contribution in [1.29, 1.82) is 0 Å². The lowest BCUT2D eigenvalue weighted by Crippen LogP contribution is -2.13. The van der Waals surface area contributed by atoms with Crippen molar-refractivity contribution < 1.29 is 4.79 Å². The summed E-state index contributed by atoms with van der Waals surface area (Å²) in [6.07, 6.45) is 5.45. The predicted molar refractivity (Wildman–Crippen MR) is 87.0 cm³/mol. The number of pyridine rings is 1. The second-order valence-electron chi connectivity index (χ2n) is 4.68. The fourth-order valence-electron chi connectivity index (χ4n) is 1.83. The van der Waals surface area contributed by atoms with Gasteiger partial charge in [-0.2, -0.15) is 0 Å². The fourth-order valence-corrected chi connectivity index (χ4v) is 2.01. The Morgan fingerprint density at radius 3 is 2.86 bits per heavy atom. The normalized spacial score (nSPS) is 10.2. The van der Waals surface area contributed by atoms with Crippen molar-refractivity contribution in [2.45, 2.75) is 19.8 Å². The summed E-state index contributed by atoms with van der Waals surface area (Å²) in [6, 6.07) is 8.92. The van der Waals surface area contributed by atoms with Gasteiger partial charge in [-0.05, 0) is 24.6 Å². The van der Waals surface area contributed by atoms with Gasteiger partial charge in [0, 0.05) is 18.9 Å². The highest BCUT2D eigenvalue weighted by molar-refractivity contribution is 6.33. The van der Waals surface area contributed by atoms with Crippen LogP contribution in [0.3, 0.4) is 0 Å². The minimum Gasteiger partial charge on any atom is -0.384 e. The molecule has 1 aromatic carbocycles. The van der Waals surface area contributed by atoms with Gasteiger partial charge in [0.1, 0.15) is 0 Å². The van der Waals surface area contributed by atoms with Crippen molar-refractivity contribution >= 4 is 28.9 Å². The second kappa shape index (κ2) is 7.64. The van der Waals surface area contributed by atoms with Gasteiger partial charge in [0.15, 0.2) is 0 Å². The van der Waals surface area contributed by atoms with E-state index in [0.717, 1.165) is 25.1 Å². The average molecular weight is 304 g/mol. The van der Waals surface area contributed by atoms with Gasteiger partial charge in [0.2, 0.25) is 0 Å². The average Bonchev–Trinajstić information content (AvgIpc) is 2.50. The highest BCUT2D eigenvalue weighted by atomic mass is 35.5. The number of unbranched alkanes of at least 4 members (excludes halogenated alkanes) is 1. The quantitative estimate of drug-likeness (QED) is 0.786. The number of halogens is 1. The van der Waals surface area contributed by atoms with Gasteiger partial charge in [-0.25, -0.2) is 0 Å². The number of benzene rings is 1. The van der Waals surface area contributed by atoms with E-state index in [9.17, 15) is 4.79 Å². The Hall–Kier alpha value is -2.07. The zero-order chi connectivity index (χ0) is 15.1. The van der Waals surface area contributed by atoms with E-state index in [-0.39, 0.29) is 5.91 Å². The lowest BCUT2D eigenvalue weighted by Gasteiger charge is -2.09. The van der Waals surface area contributed by atoms with E-state index < -0.39 is 0 Å². The van der Waals surface area contributed by atoms with Gasteiger partial charge < -0.3 is 10.6 Å². The molecule has 21 heavy (non-hydrogen) atoms. The molecule has 4 nitrogen and oxygen atoms in total. The van der Waals surface area contributed by atoms with Crippen LogP contribution in [0.25, 0.3) is 0 Å². The van der Waals surface area contributed by atoms with E-state index in [1.54, 1.807) is 24.4 Å². The number of carbonyl (C=O) groups excluding carboxylic acids is 1. The van der Waals surface area contributed by atoms with Crippen molar-refractivity contribution in [3.63, 3.8) is 0 Å². The van der Waals surface area contributed by atoms with Crippen molar-refractivity contribution in [1.82, 2.24) is 4.98 Å². The number of rotatable bonds is 6. The van der Waals surface area contributed by atoms with Crippen LogP contribution in [-0.2, 0) is 0 Å². The molecule has 2 rings (SSSR count). The largest absolute Gasteiger partial charge is 0.384 e. The second-order valence-corrected chi connectivity index (χ2v) is 5.08. The van der Waals surface area contributed by atoms with E-state index in [0.29, 0.717) is 16.3 Å². The van der Waals surface area contributed by atoms with Crippen molar-refractivity contribution in [2.24, 2.45) is 0 Å². The minimum absolute atomic E-state index is 0.227. The summed E-state index contributed by atoms with van der Waals surface area (Å²) < 4.78 is 0. The van der Waals surface area contributed by atoms with Gasteiger partial charge in [-0.15, -0.1) is 0 Å². The number of carbonyl (C=O) groups is 1. The maximum atomic E-state index is 12.2. The Morgan fingerprint density at radius 2 is 2.10 bits per heavy atom. The summed E-state index contributed by atoms with van der Waals surface area (Å²) in [4.78, 5) is 16.3. The van der Waals surface area contributed by atoms with Gasteiger partial charge in [-0.3, -0.25) is 9.78 Å². The Bertz CT molecular complexity index is 616. The lowest BCUT2D eigenvalue weighted by molar-refractivity contribution is 0.102. The molecule has 0 atom stereocenters. The molecule has 1 aromatic heterocycles. The maximum Gasteiger partial charge on any atom is 0.257 e. The maximum absolute atomic E-state index is 12.2. The van der Waals surface area contributed by atoms with Crippen molar-refractivity contribution in [3.05, 3.63) is 53.3 Å². The zero-order valence-corrected chi connectivity index (χ0v) is 12.7. The molecule has 0 spiro atoms. The number of hydrogen-bond donors (Lipinski definition) is 2. The van der Waals surface area contributed by atoms with Crippen molar-refractivity contribution in [3.8, 4) is 0 Å². The molecule has 0 saturated carbocycles. The Morgan fingerprint density at radius 1 is 1.29 bits per heavy atom. The SMILES string of the molecule is CCCCNc1cncc(C(=O)Nc2ccccc2Cl)c1. The molecule has 0 radical (unpaired) electrons. The van der Waals surface area contributed by atoms with Gasteiger partial charge in [0.25, 0.3) is 5.91 Å². The summed E-state index contributed by atoms with van der Waals surface area (Å²) >= 11 is 6.03. The number of nitrogens with zero attached hydrogens (tertiary/aromatic N) is 1. The summed E-state index contributed by atoms with van der Waals surface area (Å²) in [5.74, 6) is -0.227. The molecule has 0 unspecified atom stereocenters. The smallest absolute Gasteiger partial charge is 0.257 e. The van der Waals surface area contributed by atoms with Crippen LogP contribution in [0, 0.1) is 0 Å². The molecule has 110 valence electrons. The molecule has 2 N–H and O–H groups in total. The summed E-state index contributed by atoms with van der Waals surface area (Å²) in [7, 11) is 0. The first-order chi connectivity index (χ1) is 10.2. The standard InChI is InChI=1S/C16H18ClN3O/c1-2-3-8-19-13-9-12(10-18-11-13)16(21)20-15-7-5-4-6-14(15)17/h4-7,9-11,19H,2-3,8H2,1H3,(H,20,21). The van der Waals surface area contributed by atoms with Gasteiger partial charge in [0.05, 0.1) is 22.0 Å². The highest BCUT2D eigenvalue weighted by Gasteiger charge is 2.09. The Labute approximate surface area is 129 Å². The lowest BCUT2D eigenvalue weighted by atomic mass is 10.2. The van der Waals surface area contributed by atoms with Crippen molar-refractivity contribution in [2.75, 3.05) is 17.2 Å². The Balaban J connectivity index is 2.05. The molecule has 0 aliphatic rings. The van der Waals surface area contributed by atoms with E-state index in [1.165, 1.54) is 6.20 Å². The number of hydrogen-bond acceptors (Lipinski definition) is 3. The predicted octanol–water partition coefficient (Wildman–Crippen LogP) is 4.20. The molecule has 0 aliphatic carbocycles. The molecular weight excluding hydrogens is 286 g/mol. The summed E-state index contributed by atoms with van der Waals surface area (Å²) in [5, 5.41) is 6.54. The number of nitrogens with one attached hydrogen (secondary N) is 2. The summed E-state index contributed by atoms with van der Waals surface area (Å²) in [5.41, 5.74) is 1.93. The molecule has 0 fully saturated rings. The zero-order valence-electron chi connectivity index (χ0n) is 11.9. The van der Waals surface area contributed by atoms with E-state index in [4.69, 9.17) is 11.6 Å². The number of para-hydroxylation sites is 1. The molecule has 1 heterocycles. The number of amides is 1. The molecule has 0 bridgehead atoms. The third-order valence-corrected chi connectivity index (χ3v) is 3.31. The Kier molecular flexibility index (Phi) is 5.58. The number of aromatic nitrogens is 1. The molecular formula is C16H18ClN3O. The first kappa shape index (κ1) is 15.3. The van der Waals surface area contributed by atoms with Crippen LogP contribution in [0.2, 0.25) is 5.02 Å². The van der Waals surface area contributed by atoms with E-state index in [1.807, 2.05) is 12.1 Å². The molecule has 5 heteroatoms. The van der Waals surface area contributed by atoms with Crippen LogP contribution in [0.15, 0.2) is 42.7 Å². The van der Waals surface area contributed by atoms with Crippen LogP contribution in [0.1, 0.15) is 30.1 Å². The molecule has 2 aromatic rings. The van der Waals surface area contributed by atoms with E-state index >= 15 is 0 Å². The molecule has 1 amide bonds. The van der Waals surface area contributed by atoms with Gasteiger partial charge >= 0.3 is 0 Å². The van der Waals surface area contributed by atoms with Crippen LogP contribution < -0.4 is 10.6 Å². The van der Waals surface area contributed by atoms with E-state index in [2.05, 4.69) is 22.5 Å².